The van der Waals surface area contributed by atoms with Crippen molar-refractivity contribution in [2.75, 3.05) is 33.3 Å². The number of likely N-dealkylation sites (N-methyl/N-ethyl adjacent to an activating group) is 1. The van der Waals surface area contributed by atoms with Gasteiger partial charge in [0, 0.05) is 31.6 Å². The highest BCUT2D eigenvalue weighted by Crippen LogP contribution is 2.25. The van der Waals surface area contributed by atoms with Gasteiger partial charge in [-0.2, -0.15) is 4.31 Å². The van der Waals surface area contributed by atoms with Crippen molar-refractivity contribution in [1.29, 1.82) is 0 Å². The normalized spacial score (nSPS) is 15.2. The Morgan fingerprint density at radius 3 is 2.62 bits per heavy atom. The highest BCUT2D eigenvalue weighted by atomic mass is 35.5. The molecule has 0 atom stereocenters. The summed E-state index contributed by atoms with van der Waals surface area (Å²) < 4.78 is 29.7. The number of aryl methyl sites for hydroxylation is 1. The molecule has 8 nitrogen and oxygen atoms in total. The molecule has 1 aliphatic rings. The van der Waals surface area contributed by atoms with Gasteiger partial charge in [0.15, 0.2) is 6.61 Å². The highest BCUT2D eigenvalue weighted by Gasteiger charge is 2.25. The largest absolute Gasteiger partial charge is 0.482 e. The van der Waals surface area contributed by atoms with E-state index in [0.717, 1.165) is 15.3 Å². The van der Waals surface area contributed by atoms with Gasteiger partial charge in [0.2, 0.25) is 15.9 Å². The lowest BCUT2D eigenvalue weighted by molar-refractivity contribution is -0.134. The van der Waals surface area contributed by atoms with Gasteiger partial charge >= 0.3 is 0 Å². The summed E-state index contributed by atoms with van der Waals surface area (Å²) in [6.07, 6.45) is 1.17. The number of rotatable bonds is 8. The molecule has 160 valence electrons. The molecule has 0 unspecified atom stereocenters. The Kier molecular flexibility index (Phi) is 8.06. The van der Waals surface area contributed by atoms with Crippen molar-refractivity contribution in [3.63, 3.8) is 0 Å². The molecule has 29 heavy (non-hydrogen) atoms. The van der Waals surface area contributed by atoms with E-state index in [1.54, 1.807) is 17.0 Å². The lowest BCUT2D eigenvalue weighted by Gasteiger charge is -2.32. The third-order valence-corrected chi connectivity index (χ3v) is 6.38. The fourth-order valence-corrected chi connectivity index (χ4v) is 3.76. The Balaban J connectivity index is 1.76. The van der Waals surface area contributed by atoms with E-state index in [1.807, 2.05) is 13.0 Å². The Morgan fingerprint density at radius 1 is 1.38 bits per heavy atom. The van der Waals surface area contributed by atoms with E-state index < -0.39 is 10.0 Å². The second-order valence-corrected chi connectivity index (χ2v) is 9.31. The van der Waals surface area contributed by atoms with Crippen LogP contribution >= 0.6 is 11.6 Å². The number of carbonyl (C=O) groups excluding carboxylic acids is 2. The van der Waals surface area contributed by atoms with Gasteiger partial charge in [-0.3, -0.25) is 9.59 Å². The number of ether oxygens (including phenoxy) is 1. The second kappa shape index (κ2) is 10.1. The average molecular weight is 444 g/mol. The van der Waals surface area contributed by atoms with Crippen LogP contribution in [0.1, 0.15) is 18.4 Å². The van der Waals surface area contributed by atoms with E-state index in [2.05, 4.69) is 11.9 Å². The van der Waals surface area contributed by atoms with Crippen molar-refractivity contribution in [1.82, 2.24) is 14.5 Å². The number of amides is 2. The number of nitrogens with one attached hydrogen (secondary N) is 1. The second-order valence-electron chi connectivity index (χ2n) is 6.91. The molecule has 0 aliphatic carbocycles. The number of hydrogen-bond donors (Lipinski definition) is 1. The molecule has 1 aromatic carbocycles. The molecule has 0 radical (unpaired) electrons. The molecule has 1 saturated heterocycles. The first-order valence-electron chi connectivity index (χ1n) is 9.17. The molecular weight excluding hydrogens is 418 g/mol. The fourth-order valence-electron chi connectivity index (χ4n) is 2.92. The van der Waals surface area contributed by atoms with E-state index >= 15 is 0 Å². The van der Waals surface area contributed by atoms with Gasteiger partial charge < -0.3 is 15.0 Å². The first kappa shape index (κ1) is 23.2. The zero-order chi connectivity index (χ0) is 21.6. The summed E-state index contributed by atoms with van der Waals surface area (Å²) in [5.74, 6) is -0.0744. The van der Waals surface area contributed by atoms with Crippen molar-refractivity contribution in [3.8, 4) is 5.75 Å². The van der Waals surface area contributed by atoms with Gasteiger partial charge in [-0.25, -0.2) is 8.42 Å². The Bertz CT molecular complexity index is 867. The van der Waals surface area contributed by atoms with Gasteiger partial charge in [0.1, 0.15) is 5.75 Å². The summed E-state index contributed by atoms with van der Waals surface area (Å²) in [7, 11) is -2.31. The number of benzene rings is 1. The molecule has 0 aromatic heterocycles. The maximum absolute atomic E-state index is 12.4. The van der Waals surface area contributed by atoms with Crippen LogP contribution in [0.25, 0.3) is 0 Å². The molecule has 1 aliphatic heterocycles. The van der Waals surface area contributed by atoms with Gasteiger partial charge in [0.25, 0.3) is 5.91 Å². The Hall–Kier alpha value is -2.10. The number of nitrogens with zero attached hydrogens (tertiary/aromatic N) is 2. The molecule has 0 spiro atoms. The van der Waals surface area contributed by atoms with E-state index in [-0.39, 0.29) is 31.0 Å². The molecular formula is C19H26ClN3O5S. The topological polar surface area (TPSA) is 96.0 Å². The Labute approximate surface area is 176 Å². The summed E-state index contributed by atoms with van der Waals surface area (Å²) in [6, 6.07) is 5.25. The number of sulfonamides is 1. The number of carbonyl (C=O) groups is 2. The minimum absolute atomic E-state index is 0.107. The number of piperidine rings is 1. The van der Waals surface area contributed by atoms with Crippen LogP contribution in [0.2, 0.25) is 5.02 Å². The predicted octanol–water partition coefficient (Wildman–Crippen LogP) is 1.54. The molecule has 2 rings (SSSR count). The fraction of sp³-hybridized carbons (Fsp3) is 0.474. The molecule has 0 bridgehead atoms. The first-order valence-corrected chi connectivity index (χ1v) is 11.1. The third kappa shape index (κ3) is 6.73. The number of hydrogen-bond acceptors (Lipinski definition) is 5. The smallest absolute Gasteiger partial charge is 0.260 e. The van der Waals surface area contributed by atoms with Gasteiger partial charge in [-0.15, -0.1) is 0 Å². The summed E-state index contributed by atoms with van der Waals surface area (Å²) >= 11 is 6.10. The standard InChI is InChI=1S/C19H26ClN3O5S/c1-4-29(26,27)22(3)12-18(24)21-15-7-9-23(10-8-15)19(25)13-28-17-6-5-14(2)11-16(17)20/h4-6,11,15H,1,7-10,12-13H2,2-3H3,(H,21,24). The molecule has 1 N–H and O–H groups in total. The summed E-state index contributed by atoms with van der Waals surface area (Å²) in [5.41, 5.74) is 1.01. The zero-order valence-corrected chi connectivity index (χ0v) is 18.1. The van der Waals surface area contributed by atoms with E-state index in [1.165, 1.54) is 7.05 Å². The van der Waals surface area contributed by atoms with Crippen molar-refractivity contribution in [2.24, 2.45) is 0 Å². The molecule has 1 fully saturated rings. The monoisotopic (exact) mass is 443 g/mol. The summed E-state index contributed by atoms with van der Waals surface area (Å²) in [5, 5.41) is 4.07. The van der Waals surface area contributed by atoms with Crippen LogP contribution in [0.5, 0.6) is 5.75 Å². The van der Waals surface area contributed by atoms with Crippen LogP contribution in [0, 0.1) is 6.92 Å². The van der Waals surface area contributed by atoms with Crippen molar-refractivity contribution in [2.45, 2.75) is 25.8 Å². The Morgan fingerprint density at radius 2 is 2.03 bits per heavy atom. The molecule has 2 amide bonds. The lowest BCUT2D eigenvalue weighted by Crippen LogP contribution is -2.49. The van der Waals surface area contributed by atoms with Crippen LogP contribution in [-0.2, 0) is 19.6 Å². The maximum atomic E-state index is 12.4. The van der Waals surface area contributed by atoms with Crippen molar-refractivity contribution >= 4 is 33.4 Å². The van der Waals surface area contributed by atoms with E-state index in [4.69, 9.17) is 16.3 Å². The highest BCUT2D eigenvalue weighted by molar-refractivity contribution is 7.92. The van der Waals surface area contributed by atoms with E-state index in [0.29, 0.717) is 36.7 Å². The first-order chi connectivity index (χ1) is 13.6. The quantitative estimate of drug-likeness (QED) is 0.657. The number of halogens is 1. The van der Waals surface area contributed by atoms with Crippen LogP contribution in [0.4, 0.5) is 0 Å². The average Bonchev–Trinajstić information content (AvgIpc) is 2.67. The molecule has 0 saturated carbocycles. The maximum Gasteiger partial charge on any atom is 0.260 e. The van der Waals surface area contributed by atoms with Crippen LogP contribution in [0.3, 0.4) is 0 Å². The van der Waals surface area contributed by atoms with Gasteiger partial charge in [-0.05, 0) is 37.5 Å². The van der Waals surface area contributed by atoms with Gasteiger partial charge in [-0.1, -0.05) is 24.2 Å². The van der Waals surface area contributed by atoms with Crippen molar-refractivity contribution < 1.29 is 22.7 Å². The number of likely N-dealkylation sites (tertiary alicyclic amines) is 1. The third-order valence-electron chi connectivity index (χ3n) is 4.66. The van der Waals surface area contributed by atoms with E-state index in [9.17, 15) is 18.0 Å². The van der Waals surface area contributed by atoms with Crippen LogP contribution < -0.4 is 10.1 Å². The zero-order valence-electron chi connectivity index (χ0n) is 16.6. The molecule has 10 heteroatoms. The summed E-state index contributed by atoms with van der Waals surface area (Å²) in [4.78, 5) is 26.1. The minimum atomic E-state index is -3.63. The molecule has 1 aromatic rings. The van der Waals surface area contributed by atoms with Crippen molar-refractivity contribution in [3.05, 3.63) is 40.8 Å². The van der Waals surface area contributed by atoms with Crippen LogP contribution in [0.15, 0.2) is 30.2 Å². The summed E-state index contributed by atoms with van der Waals surface area (Å²) in [6.45, 7) is 5.72. The van der Waals surface area contributed by atoms with Crippen LogP contribution in [-0.4, -0.2) is 68.8 Å². The van der Waals surface area contributed by atoms with Gasteiger partial charge in [0.05, 0.1) is 11.6 Å². The minimum Gasteiger partial charge on any atom is -0.482 e. The lowest BCUT2D eigenvalue weighted by atomic mass is 10.0. The molecule has 1 heterocycles. The predicted molar refractivity (Wildman–Crippen MR) is 111 cm³/mol. The SMILES string of the molecule is C=CS(=O)(=O)N(C)CC(=O)NC1CCN(C(=O)COc2ccc(C)cc2Cl)CC1.